The summed E-state index contributed by atoms with van der Waals surface area (Å²) in [6.07, 6.45) is 0.394. The van der Waals surface area contributed by atoms with Gasteiger partial charge in [0.25, 0.3) is 0 Å². The van der Waals surface area contributed by atoms with Crippen LogP contribution < -0.4 is 10.0 Å². The Balaban J connectivity index is 1.39. The molecule has 1 aliphatic heterocycles. The van der Waals surface area contributed by atoms with E-state index in [1.807, 2.05) is 84.3 Å². The third-order valence-electron chi connectivity index (χ3n) is 9.19. The maximum atomic E-state index is 13.5. The second kappa shape index (κ2) is 17.5. The first-order valence-corrected chi connectivity index (χ1v) is 27.9. The van der Waals surface area contributed by atoms with Crippen LogP contribution >= 0.6 is 22.7 Å². The molecule has 0 spiro atoms. The maximum Gasteiger partial charge on any atom is 0.325 e. The zero-order valence-electron chi connectivity index (χ0n) is 31.9. The molecule has 4 N–H and O–H groups in total. The molecular weight excluding hydrogens is 743 g/mol. The first kappa shape index (κ1) is 41.0. The van der Waals surface area contributed by atoms with Crippen LogP contribution in [0.5, 0.6) is 0 Å². The summed E-state index contributed by atoms with van der Waals surface area (Å²) in [5, 5.41) is 2.41. The molecule has 1 unspecified atom stereocenters. The lowest BCUT2D eigenvalue weighted by atomic mass is 9.97. The lowest BCUT2D eigenvalue weighted by Gasteiger charge is -2.41. The van der Waals surface area contributed by atoms with Crippen molar-refractivity contribution in [3.8, 4) is 0 Å². The Bertz CT molecular complexity index is 1870. The SMILES string of the molecule is Cc1cc(C[C@H](NC(=O)NSc2ccccc2)c2nc3ccccc3n2COCC[Si](C)(C)C)ccc1C1CC(=O)N(COCC[Si](C)(C)C)S1(O)O. The van der Waals surface area contributed by atoms with Crippen LogP contribution in [-0.4, -0.2) is 71.0 Å². The Labute approximate surface area is 321 Å². The minimum atomic E-state index is -3.46. The molecule has 1 aliphatic rings. The van der Waals surface area contributed by atoms with E-state index >= 15 is 0 Å². The first-order valence-electron chi connectivity index (χ1n) is 18.1. The lowest BCUT2D eigenvalue weighted by Crippen LogP contribution is -2.37. The molecular formula is C38H55N5O6S2Si2. The van der Waals surface area contributed by atoms with Gasteiger partial charge in [0.15, 0.2) is 0 Å². The summed E-state index contributed by atoms with van der Waals surface area (Å²) in [6, 6.07) is 24.4. The van der Waals surface area contributed by atoms with Crippen LogP contribution in [0.2, 0.25) is 51.4 Å². The number of para-hydroxylation sites is 2. The number of urea groups is 1. The molecule has 288 valence electrons. The van der Waals surface area contributed by atoms with Gasteiger partial charge in [0.05, 0.1) is 23.5 Å². The predicted molar refractivity (Wildman–Crippen MR) is 221 cm³/mol. The van der Waals surface area contributed by atoms with Crippen molar-refractivity contribution in [2.45, 2.75) is 94.1 Å². The van der Waals surface area contributed by atoms with Crippen molar-refractivity contribution < 1.29 is 28.2 Å². The molecule has 53 heavy (non-hydrogen) atoms. The quantitative estimate of drug-likeness (QED) is 0.0472. The number of nitrogens with one attached hydrogen (secondary N) is 2. The molecule has 5 rings (SSSR count). The normalized spacial score (nSPS) is 17.3. The third-order valence-corrected chi connectivity index (χ3v) is 15.5. The predicted octanol–water partition coefficient (Wildman–Crippen LogP) is 9.20. The van der Waals surface area contributed by atoms with E-state index < -0.39 is 38.2 Å². The number of aryl methyl sites for hydroxylation is 1. The molecule has 2 atom stereocenters. The fourth-order valence-electron chi connectivity index (χ4n) is 6.11. The van der Waals surface area contributed by atoms with Crippen molar-refractivity contribution in [2.75, 3.05) is 19.9 Å². The second-order valence-electron chi connectivity index (χ2n) is 16.0. The van der Waals surface area contributed by atoms with Crippen molar-refractivity contribution in [1.82, 2.24) is 23.9 Å². The molecule has 1 aromatic heterocycles. The number of nitrogens with zero attached hydrogens (tertiary/aromatic N) is 3. The fourth-order valence-corrected chi connectivity index (χ4v) is 10.1. The highest BCUT2D eigenvalue weighted by Gasteiger charge is 2.46. The minimum absolute atomic E-state index is 0.00887. The van der Waals surface area contributed by atoms with Gasteiger partial charge in [-0.3, -0.25) is 18.6 Å². The molecule has 0 radical (unpaired) electrons. The van der Waals surface area contributed by atoms with Crippen LogP contribution in [0.3, 0.4) is 0 Å². The van der Waals surface area contributed by atoms with E-state index in [0.717, 1.165) is 43.4 Å². The Kier molecular flexibility index (Phi) is 13.6. The van der Waals surface area contributed by atoms with E-state index in [1.54, 1.807) is 0 Å². The van der Waals surface area contributed by atoms with Crippen LogP contribution in [-0.2, 0) is 27.4 Å². The molecule has 15 heteroatoms. The highest BCUT2D eigenvalue weighted by molar-refractivity contribution is 8.23. The van der Waals surface area contributed by atoms with E-state index in [4.69, 9.17) is 14.5 Å². The molecule has 3 aromatic carbocycles. The maximum absolute atomic E-state index is 13.5. The van der Waals surface area contributed by atoms with Crippen LogP contribution in [0, 0.1) is 6.92 Å². The van der Waals surface area contributed by atoms with Gasteiger partial charge in [0, 0.05) is 34.3 Å². The number of benzene rings is 3. The van der Waals surface area contributed by atoms with Gasteiger partial charge >= 0.3 is 6.03 Å². The number of amides is 3. The summed E-state index contributed by atoms with van der Waals surface area (Å²) in [5.74, 6) is 0.335. The number of hydrogen-bond donors (Lipinski definition) is 4. The highest BCUT2D eigenvalue weighted by Crippen LogP contribution is 2.63. The van der Waals surface area contributed by atoms with Crippen LogP contribution in [0.25, 0.3) is 11.0 Å². The topological polar surface area (TPSA) is 138 Å². The van der Waals surface area contributed by atoms with Crippen LogP contribution in [0.15, 0.2) is 77.7 Å². The van der Waals surface area contributed by atoms with Crippen LogP contribution in [0.4, 0.5) is 4.79 Å². The standard InChI is InChI=1S/C38H55N5O6S2Si2/c1-28-23-29(17-18-31(28)35-25-36(44)43(51(35,46)47)27-49-20-22-53(5,6)7)24-33(40-38(45)41-50-30-13-9-8-10-14-30)37-39-32-15-11-12-16-34(32)42(37)26-48-19-21-52(2,3)4/h8-18,23,33,35,46-47H,19-22,24-27H2,1-7H3,(H2,40,41,45)/t33-,35?/m0/s1. The number of rotatable bonds is 17. The van der Waals surface area contributed by atoms with Gasteiger partial charge in [-0.1, -0.05) is 87.8 Å². The number of imidazole rings is 1. The van der Waals surface area contributed by atoms with Gasteiger partial charge in [0.2, 0.25) is 5.91 Å². The van der Waals surface area contributed by atoms with E-state index in [-0.39, 0.29) is 25.1 Å². The smallest absolute Gasteiger partial charge is 0.325 e. The number of hydrogen-bond acceptors (Lipinski definition) is 8. The Morgan fingerprint density at radius 2 is 1.58 bits per heavy atom. The summed E-state index contributed by atoms with van der Waals surface area (Å²) in [7, 11) is -6.10. The van der Waals surface area contributed by atoms with Crippen molar-refractivity contribution in [3.05, 3.63) is 95.3 Å². The Morgan fingerprint density at radius 1 is 0.943 bits per heavy atom. The summed E-state index contributed by atoms with van der Waals surface area (Å²) in [4.78, 5) is 32.4. The van der Waals surface area contributed by atoms with Gasteiger partial charge in [-0.15, -0.1) is 10.8 Å². The van der Waals surface area contributed by atoms with Gasteiger partial charge in [-0.25, -0.2) is 14.1 Å². The Morgan fingerprint density at radius 3 is 2.25 bits per heavy atom. The third kappa shape index (κ3) is 11.2. The second-order valence-corrected chi connectivity index (χ2v) is 30.3. The van der Waals surface area contributed by atoms with Gasteiger partial charge in [-0.05, 0) is 78.3 Å². The van der Waals surface area contributed by atoms with Crippen molar-refractivity contribution in [1.29, 1.82) is 0 Å². The molecule has 3 amide bonds. The number of ether oxygens (including phenoxy) is 2. The van der Waals surface area contributed by atoms with E-state index in [1.165, 1.54) is 11.9 Å². The minimum Gasteiger partial charge on any atom is -0.361 e. The molecule has 0 bridgehead atoms. The largest absolute Gasteiger partial charge is 0.361 e. The Hall–Kier alpha value is -3.16. The lowest BCUT2D eigenvalue weighted by molar-refractivity contribution is -0.128. The van der Waals surface area contributed by atoms with E-state index in [0.29, 0.717) is 37.8 Å². The zero-order chi connectivity index (χ0) is 38.4. The molecule has 0 aliphatic carbocycles. The summed E-state index contributed by atoms with van der Waals surface area (Å²) < 4.78 is 40.7. The van der Waals surface area contributed by atoms with Gasteiger partial charge < -0.3 is 19.4 Å². The number of carbonyl (C=O) groups is 2. The van der Waals surface area contributed by atoms with Crippen molar-refractivity contribution in [3.63, 3.8) is 0 Å². The summed E-state index contributed by atoms with van der Waals surface area (Å²) in [6.45, 7) is 16.9. The first-order chi connectivity index (χ1) is 25.0. The monoisotopic (exact) mass is 797 g/mol. The summed E-state index contributed by atoms with van der Waals surface area (Å²) in [5.41, 5.74) is 4.17. The van der Waals surface area contributed by atoms with E-state index in [2.05, 4.69) is 49.3 Å². The summed E-state index contributed by atoms with van der Waals surface area (Å²) >= 11 is 1.23. The van der Waals surface area contributed by atoms with Crippen LogP contribution in [0.1, 0.15) is 40.2 Å². The molecule has 0 saturated carbocycles. The fraction of sp³-hybridized carbons (Fsp3) is 0.447. The van der Waals surface area contributed by atoms with Crippen molar-refractivity contribution in [2.24, 2.45) is 0 Å². The molecule has 1 fully saturated rings. The van der Waals surface area contributed by atoms with Crippen molar-refractivity contribution >= 4 is 61.8 Å². The zero-order valence-corrected chi connectivity index (χ0v) is 35.6. The molecule has 2 heterocycles. The van der Waals surface area contributed by atoms with Gasteiger partial charge in [0.1, 0.15) is 24.5 Å². The highest BCUT2D eigenvalue weighted by atomic mass is 32.3. The molecule has 11 nitrogen and oxygen atoms in total. The molecule has 4 aromatic rings. The van der Waals surface area contributed by atoms with E-state index in [9.17, 15) is 18.7 Å². The van der Waals surface area contributed by atoms with Gasteiger partial charge in [-0.2, -0.15) is 0 Å². The number of aromatic nitrogens is 2. The molecule has 1 saturated heterocycles. The number of carbonyl (C=O) groups excluding carboxylic acids is 2. The number of fused-ring (bicyclic) bond motifs is 1. The average Bonchev–Trinajstić information content (AvgIpc) is 3.56. The average molecular weight is 798 g/mol.